The van der Waals surface area contributed by atoms with Crippen molar-refractivity contribution in [2.75, 3.05) is 33.4 Å². The molecule has 0 saturated heterocycles. The van der Waals surface area contributed by atoms with Gasteiger partial charge in [-0.05, 0) is 29.8 Å². The predicted octanol–water partition coefficient (Wildman–Crippen LogP) is -0.934. The molecular weight excluding hydrogens is 348 g/mol. The third-order valence-electron chi connectivity index (χ3n) is 2.55. The van der Waals surface area contributed by atoms with Gasteiger partial charge in [0.25, 0.3) is 0 Å². The average Bonchev–Trinajstić information content (AvgIpc) is 2.62. The van der Waals surface area contributed by atoms with E-state index in [0.717, 1.165) is 11.3 Å². The lowest BCUT2D eigenvalue weighted by atomic mass is 10.2. The summed E-state index contributed by atoms with van der Waals surface area (Å²) < 4.78 is 5.04. The summed E-state index contributed by atoms with van der Waals surface area (Å²) in [5.41, 5.74) is 3.22. The molecule has 0 aliphatic heterocycles. The maximum atomic E-state index is 11.3. The van der Waals surface area contributed by atoms with Gasteiger partial charge in [-0.2, -0.15) is 5.10 Å². The fourth-order valence-electron chi connectivity index (χ4n) is 1.36. The van der Waals surface area contributed by atoms with Crippen molar-refractivity contribution in [3.8, 4) is 5.75 Å². The number of hydrogen-bond donors (Lipinski definition) is 6. The number of aliphatic carboxylic acids is 2. The zero-order chi connectivity index (χ0) is 19.8. The third-order valence-corrected chi connectivity index (χ3v) is 2.55. The molecule has 26 heavy (non-hydrogen) atoms. The highest BCUT2D eigenvalue weighted by molar-refractivity contribution is 6.27. The van der Waals surface area contributed by atoms with Crippen molar-refractivity contribution in [1.29, 1.82) is 0 Å². The van der Waals surface area contributed by atoms with Crippen molar-refractivity contribution in [3.05, 3.63) is 29.8 Å². The van der Waals surface area contributed by atoms with Crippen molar-refractivity contribution >= 4 is 24.2 Å². The Balaban J connectivity index is 0.000000896. The standard InChI is InChI=1S/C13H20N4O3.C2H2O4/c1-20-12-4-2-11(3-5-12)10-16-17-13(19)15-7-6-14-8-9-18;3-1(4)2(5)6/h2-5,10,14,18H,6-9H2,1H3,(H2,15,17,19);(H,3,4)(H,5,6)/b16-10+;. The van der Waals surface area contributed by atoms with Gasteiger partial charge in [-0.3, -0.25) is 0 Å². The van der Waals surface area contributed by atoms with Crippen LogP contribution in [0.3, 0.4) is 0 Å². The van der Waals surface area contributed by atoms with E-state index in [1.807, 2.05) is 24.3 Å². The second kappa shape index (κ2) is 14.2. The number of aliphatic hydroxyl groups excluding tert-OH is 1. The van der Waals surface area contributed by atoms with Crippen LogP contribution in [0.5, 0.6) is 5.75 Å². The summed E-state index contributed by atoms with van der Waals surface area (Å²) in [5, 5.41) is 32.7. The first-order valence-corrected chi connectivity index (χ1v) is 7.39. The van der Waals surface area contributed by atoms with Gasteiger partial charge in [-0.1, -0.05) is 0 Å². The van der Waals surface area contributed by atoms with Crippen molar-refractivity contribution < 1.29 is 34.4 Å². The maximum Gasteiger partial charge on any atom is 0.414 e. The molecule has 0 saturated carbocycles. The second-order valence-electron chi connectivity index (χ2n) is 4.48. The second-order valence-corrected chi connectivity index (χ2v) is 4.48. The molecule has 1 aromatic carbocycles. The van der Waals surface area contributed by atoms with Crippen LogP contribution in [0.2, 0.25) is 0 Å². The quantitative estimate of drug-likeness (QED) is 0.147. The van der Waals surface area contributed by atoms with Crippen molar-refractivity contribution in [2.45, 2.75) is 0 Å². The zero-order valence-corrected chi connectivity index (χ0v) is 14.1. The Hall–Kier alpha value is -3.18. The Morgan fingerprint density at radius 1 is 1.08 bits per heavy atom. The van der Waals surface area contributed by atoms with E-state index < -0.39 is 11.9 Å². The predicted molar refractivity (Wildman–Crippen MR) is 92.3 cm³/mol. The van der Waals surface area contributed by atoms with Crippen LogP contribution in [0.4, 0.5) is 4.79 Å². The number of carbonyl (C=O) groups excluding carboxylic acids is 1. The lowest BCUT2D eigenvalue weighted by molar-refractivity contribution is -0.159. The minimum atomic E-state index is -1.82. The first kappa shape index (κ1) is 22.8. The number of nitrogens with one attached hydrogen (secondary N) is 3. The summed E-state index contributed by atoms with van der Waals surface area (Å²) in [6.45, 7) is 1.65. The summed E-state index contributed by atoms with van der Waals surface area (Å²) >= 11 is 0. The van der Waals surface area contributed by atoms with Gasteiger partial charge in [-0.15, -0.1) is 0 Å². The Labute approximate surface area is 149 Å². The summed E-state index contributed by atoms with van der Waals surface area (Å²) in [6, 6.07) is 6.92. The highest BCUT2D eigenvalue weighted by Gasteiger charge is 2.04. The Bertz CT molecular complexity index is 578. The number of hydrazone groups is 1. The molecule has 0 spiro atoms. The number of benzene rings is 1. The number of carbonyl (C=O) groups is 3. The number of carboxylic acid groups (broad SMARTS) is 2. The zero-order valence-electron chi connectivity index (χ0n) is 14.1. The van der Waals surface area contributed by atoms with Gasteiger partial charge in [-0.25, -0.2) is 19.8 Å². The van der Waals surface area contributed by atoms with Crippen LogP contribution in [0.15, 0.2) is 29.4 Å². The highest BCUT2D eigenvalue weighted by atomic mass is 16.5. The van der Waals surface area contributed by atoms with Crippen molar-refractivity contribution in [3.63, 3.8) is 0 Å². The smallest absolute Gasteiger partial charge is 0.414 e. The van der Waals surface area contributed by atoms with Gasteiger partial charge < -0.3 is 30.7 Å². The molecule has 11 nitrogen and oxygen atoms in total. The Morgan fingerprint density at radius 2 is 1.69 bits per heavy atom. The van der Waals surface area contributed by atoms with Crippen LogP contribution in [-0.4, -0.2) is 72.9 Å². The average molecular weight is 370 g/mol. The van der Waals surface area contributed by atoms with Gasteiger partial charge in [0.1, 0.15) is 5.75 Å². The van der Waals surface area contributed by atoms with E-state index in [1.54, 1.807) is 13.3 Å². The molecule has 6 N–H and O–H groups in total. The number of methoxy groups -OCH3 is 1. The molecule has 0 bridgehead atoms. The molecule has 144 valence electrons. The first-order valence-electron chi connectivity index (χ1n) is 7.39. The molecule has 0 fully saturated rings. The van der Waals surface area contributed by atoms with E-state index in [4.69, 9.17) is 29.6 Å². The molecule has 0 aliphatic rings. The highest BCUT2D eigenvalue weighted by Crippen LogP contribution is 2.09. The number of nitrogens with zero attached hydrogens (tertiary/aromatic N) is 1. The molecule has 0 unspecified atom stereocenters. The van der Waals surface area contributed by atoms with E-state index in [-0.39, 0.29) is 12.6 Å². The molecule has 2 amide bonds. The van der Waals surface area contributed by atoms with Crippen LogP contribution in [0, 0.1) is 0 Å². The molecule has 11 heteroatoms. The van der Waals surface area contributed by atoms with Gasteiger partial charge in [0.05, 0.1) is 19.9 Å². The summed E-state index contributed by atoms with van der Waals surface area (Å²) in [7, 11) is 1.60. The molecule has 0 aliphatic carbocycles. The number of hydrogen-bond acceptors (Lipinski definition) is 7. The molecule has 0 aromatic heterocycles. The number of ether oxygens (including phenoxy) is 1. The first-order chi connectivity index (χ1) is 12.4. The SMILES string of the molecule is COc1ccc(/C=N/NC(=O)NCCNCCO)cc1.O=C(O)C(=O)O. The van der Waals surface area contributed by atoms with Crippen LogP contribution in [-0.2, 0) is 9.59 Å². The molecule has 0 radical (unpaired) electrons. The van der Waals surface area contributed by atoms with Gasteiger partial charge in [0, 0.05) is 19.6 Å². The van der Waals surface area contributed by atoms with E-state index >= 15 is 0 Å². The molecule has 0 heterocycles. The monoisotopic (exact) mass is 370 g/mol. The maximum absolute atomic E-state index is 11.3. The van der Waals surface area contributed by atoms with Crippen LogP contribution in [0.25, 0.3) is 0 Å². The molecular formula is C15H22N4O7. The topological polar surface area (TPSA) is 170 Å². The summed E-state index contributed by atoms with van der Waals surface area (Å²) in [4.78, 5) is 29.5. The fourth-order valence-corrected chi connectivity index (χ4v) is 1.36. The fraction of sp³-hybridized carbons (Fsp3) is 0.333. The van der Waals surface area contributed by atoms with Crippen LogP contribution >= 0.6 is 0 Å². The van der Waals surface area contributed by atoms with Crippen molar-refractivity contribution in [1.82, 2.24) is 16.1 Å². The van der Waals surface area contributed by atoms with E-state index in [9.17, 15) is 4.79 Å². The van der Waals surface area contributed by atoms with Crippen LogP contribution < -0.4 is 20.8 Å². The molecule has 1 aromatic rings. The minimum absolute atomic E-state index is 0.0817. The van der Waals surface area contributed by atoms with Gasteiger partial charge in [0.2, 0.25) is 0 Å². The molecule has 0 atom stereocenters. The summed E-state index contributed by atoms with van der Waals surface area (Å²) in [5.74, 6) is -2.88. The number of aliphatic hydroxyl groups is 1. The Morgan fingerprint density at radius 3 is 2.19 bits per heavy atom. The van der Waals surface area contributed by atoms with E-state index in [0.29, 0.717) is 19.6 Å². The number of rotatable bonds is 8. The number of amides is 2. The summed E-state index contributed by atoms with van der Waals surface area (Å²) in [6.07, 6.45) is 1.54. The largest absolute Gasteiger partial charge is 0.497 e. The number of carboxylic acids is 2. The van der Waals surface area contributed by atoms with Gasteiger partial charge in [0.15, 0.2) is 0 Å². The van der Waals surface area contributed by atoms with Gasteiger partial charge >= 0.3 is 18.0 Å². The van der Waals surface area contributed by atoms with E-state index in [2.05, 4.69) is 21.2 Å². The number of urea groups is 1. The normalized spacial score (nSPS) is 9.77. The van der Waals surface area contributed by atoms with E-state index in [1.165, 1.54) is 0 Å². The lowest BCUT2D eigenvalue weighted by Crippen LogP contribution is -2.37. The third kappa shape index (κ3) is 12.3. The lowest BCUT2D eigenvalue weighted by Gasteiger charge is -2.04. The minimum Gasteiger partial charge on any atom is -0.497 e. The van der Waals surface area contributed by atoms with Crippen LogP contribution in [0.1, 0.15) is 5.56 Å². The van der Waals surface area contributed by atoms with Crippen molar-refractivity contribution in [2.24, 2.45) is 5.10 Å². The Kier molecular flexibility index (Phi) is 12.5. The molecule has 1 rings (SSSR count).